The normalized spacial score (nSPS) is 18.3. The lowest BCUT2D eigenvalue weighted by molar-refractivity contribution is -0.153. The van der Waals surface area contributed by atoms with E-state index >= 15 is 0 Å². The van der Waals surface area contributed by atoms with E-state index in [4.69, 9.17) is 4.74 Å². The van der Waals surface area contributed by atoms with Crippen molar-refractivity contribution in [2.24, 2.45) is 5.41 Å². The quantitative estimate of drug-likeness (QED) is 0.795. The maximum Gasteiger partial charge on any atom is 0.230 e. The van der Waals surface area contributed by atoms with Crippen LogP contribution in [0.4, 0.5) is 0 Å². The Bertz CT molecular complexity index is 534. The van der Waals surface area contributed by atoms with Gasteiger partial charge in [-0.1, -0.05) is 19.9 Å². The van der Waals surface area contributed by atoms with Gasteiger partial charge in [0.05, 0.1) is 18.1 Å². The summed E-state index contributed by atoms with van der Waals surface area (Å²) in [4.78, 5) is 25.5. The van der Waals surface area contributed by atoms with Gasteiger partial charge in [0.15, 0.2) is 0 Å². The van der Waals surface area contributed by atoms with Gasteiger partial charge in [-0.25, -0.2) is 0 Å². The molecule has 1 fully saturated rings. The van der Waals surface area contributed by atoms with Gasteiger partial charge in [0.1, 0.15) is 5.75 Å². The number of piperidine rings is 1. The van der Waals surface area contributed by atoms with E-state index in [0.29, 0.717) is 19.4 Å². The first-order chi connectivity index (χ1) is 9.32. The summed E-state index contributed by atoms with van der Waals surface area (Å²) in [5.74, 6) is 0.530. The van der Waals surface area contributed by atoms with Crippen LogP contribution in [0.15, 0.2) is 22.7 Å². The Labute approximate surface area is 127 Å². The minimum atomic E-state index is -0.231. The van der Waals surface area contributed by atoms with Crippen molar-refractivity contribution >= 4 is 27.7 Å². The van der Waals surface area contributed by atoms with Crippen molar-refractivity contribution < 1.29 is 14.3 Å². The minimum Gasteiger partial charge on any atom is -0.496 e. The van der Waals surface area contributed by atoms with Gasteiger partial charge in [-0.05, 0) is 39.0 Å². The van der Waals surface area contributed by atoms with E-state index in [9.17, 15) is 9.59 Å². The van der Waals surface area contributed by atoms with Crippen molar-refractivity contribution in [3.05, 3.63) is 28.2 Å². The zero-order valence-electron chi connectivity index (χ0n) is 11.9. The lowest BCUT2D eigenvalue weighted by Crippen LogP contribution is -2.45. The van der Waals surface area contributed by atoms with Crippen molar-refractivity contribution in [1.82, 2.24) is 4.90 Å². The van der Waals surface area contributed by atoms with Crippen molar-refractivity contribution in [3.63, 3.8) is 0 Å². The number of ether oxygens (including phenoxy) is 1. The number of methoxy groups -OCH3 is 1. The van der Waals surface area contributed by atoms with E-state index in [2.05, 4.69) is 15.9 Å². The molecule has 1 heterocycles. The molecule has 1 saturated heterocycles. The number of amides is 2. The standard InChI is InChI=1S/C15H18BrNO3/c1-15(2)7-13(18)17(14(19)8-15)9-10-4-5-12(20-3)11(16)6-10/h4-6H,7-9H2,1-3H3. The third-order valence-electron chi connectivity index (χ3n) is 3.42. The van der Waals surface area contributed by atoms with Crippen molar-refractivity contribution in [1.29, 1.82) is 0 Å². The molecule has 4 nitrogen and oxygen atoms in total. The number of rotatable bonds is 3. The molecule has 0 saturated carbocycles. The van der Waals surface area contributed by atoms with Crippen LogP contribution in [0, 0.1) is 5.41 Å². The molecule has 1 aromatic rings. The number of likely N-dealkylation sites (tertiary alicyclic amines) is 1. The second kappa shape index (κ2) is 5.56. The molecule has 0 N–H and O–H groups in total. The molecule has 0 unspecified atom stereocenters. The molecule has 20 heavy (non-hydrogen) atoms. The van der Waals surface area contributed by atoms with Crippen molar-refractivity contribution in [2.45, 2.75) is 33.2 Å². The van der Waals surface area contributed by atoms with Crippen LogP contribution >= 0.6 is 15.9 Å². The number of carbonyl (C=O) groups is 2. The maximum atomic E-state index is 12.1. The maximum absolute atomic E-state index is 12.1. The van der Waals surface area contributed by atoms with Gasteiger partial charge in [-0.15, -0.1) is 0 Å². The van der Waals surface area contributed by atoms with Crippen LogP contribution in [0.3, 0.4) is 0 Å². The summed E-state index contributed by atoms with van der Waals surface area (Å²) in [6.45, 7) is 4.21. The van der Waals surface area contributed by atoms with E-state index in [1.165, 1.54) is 4.90 Å². The van der Waals surface area contributed by atoms with Crippen LogP contribution in [0.5, 0.6) is 5.75 Å². The van der Waals surface area contributed by atoms with E-state index in [1.807, 2.05) is 32.0 Å². The Morgan fingerprint density at radius 2 is 1.85 bits per heavy atom. The third-order valence-corrected chi connectivity index (χ3v) is 4.04. The van der Waals surface area contributed by atoms with Gasteiger partial charge in [0.2, 0.25) is 11.8 Å². The average molecular weight is 340 g/mol. The highest BCUT2D eigenvalue weighted by molar-refractivity contribution is 9.10. The number of hydrogen-bond donors (Lipinski definition) is 0. The zero-order valence-corrected chi connectivity index (χ0v) is 13.5. The summed E-state index contributed by atoms with van der Waals surface area (Å²) in [6.07, 6.45) is 0.826. The fourth-order valence-electron chi connectivity index (χ4n) is 2.38. The molecule has 1 aliphatic rings. The molecular formula is C15H18BrNO3. The highest BCUT2D eigenvalue weighted by Crippen LogP contribution is 2.33. The Morgan fingerprint density at radius 3 is 2.35 bits per heavy atom. The molecule has 108 valence electrons. The van der Waals surface area contributed by atoms with Gasteiger partial charge >= 0.3 is 0 Å². The Kier molecular flexibility index (Phi) is 4.18. The second-order valence-electron chi connectivity index (χ2n) is 5.86. The first kappa shape index (κ1) is 15.0. The average Bonchev–Trinajstić information content (AvgIpc) is 2.33. The van der Waals surface area contributed by atoms with E-state index in [0.717, 1.165) is 15.8 Å². The molecule has 0 atom stereocenters. The lowest BCUT2D eigenvalue weighted by atomic mass is 9.81. The molecule has 0 spiro atoms. The lowest BCUT2D eigenvalue weighted by Gasteiger charge is -2.34. The summed E-state index contributed by atoms with van der Waals surface area (Å²) in [5, 5.41) is 0. The summed E-state index contributed by atoms with van der Waals surface area (Å²) in [5.41, 5.74) is 0.671. The van der Waals surface area contributed by atoms with E-state index in [1.54, 1.807) is 7.11 Å². The van der Waals surface area contributed by atoms with Gasteiger partial charge in [-0.3, -0.25) is 14.5 Å². The molecule has 1 aromatic carbocycles. The summed E-state index contributed by atoms with van der Waals surface area (Å²) >= 11 is 3.41. The van der Waals surface area contributed by atoms with Crippen molar-refractivity contribution in [2.75, 3.05) is 7.11 Å². The summed E-state index contributed by atoms with van der Waals surface area (Å²) in [6, 6.07) is 5.56. The SMILES string of the molecule is COc1ccc(CN2C(=O)CC(C)(C)CC2=O)cc1Br. The molecule has 2 amide bonds. The number of benzene rings is 1. The van der Waals surface area contributed by atoms with Crippen LogP contribution in [0.2, 0.25) is 0 Å². The van der Waals surface area contributed by atoms with E-state index < -0.39 is 0 Å². The molecule has 0 radical (unpaired) electrons. The van der Waals surface area contributed by atoms with Gasteiger partial charge in [0.25, 0.3) is 0 Å². The molecule has 0 aliphatic carbocycles. The highest BCUT2D eigenvalue weighted by Gasteiger charge is 2.37. The predicted octanol–water partition coefficient (Wildman–Crippen LogP) is 3.13. The topological polar surface area (TPSA) is 46.6 Å². The fourth-order valence-corrected chi connectivity index (χ4v) is 2.97. The second-order valence-corrected chi connectivity index (χ2v) is 6.71. The molecule has 2 rings (SSSR count). The zero-order chi connectivity index (χ0) is 14.9. The van der Waals surface area contributed by atoms with Crippen LogP contribution in [-0.4, -0.2) is 23.8 Å². The Hall–Kier alpha value is -1.36. The largest absolute Gasteiger partial charge is 0.496 e. The van der Waals surface area contributed by atoms with Gasteiger partial charge < -0.3 is 4.74 Å². The van der Waals surface area contributed by atoms with Crippen LogP contribution in [0.1, 0.15) is 32.3 Å². The van der Waals surface area contributed by atoms with Crippen LogP contribution < -0.4 is 4.74 Å². The number of halogens is 1. The Morgan fingerprint density at radius 1 is 1.25 bits per heavy atom. The van der Waals surface area contributed by atoms with Gasteiger partial charge in [0, 0.05) is 12.8 Å². The highest BCUT2D eigenvalue weighted by atomic mass is 79.9. The molecule has 5 heteroatoms. The number of hydrogen-bond acceptors (Lipinski definition) is 3. The fraction of sp³-hybridized carbons (Fsp3) is 0.467. The van der Waals surface area contributed by atoms with E-state index in [-0.39, 0.29) is 17.2 Å². The number of imide groups is 1. The summed E-state index contributed by atoms with van der Waals surface area (Å²) in [7, 11) is 1.60. The minimum absolute atomic E-state index is 0.0989. The number of carbonyl (C=O) groups excluding carboxylic acids is 2. The van der Waals surface area contributed by atoms with Crippen molar-refractivity contribution in [3.8, 4) is 5.75 Å². The third kappa shape index (κ3) is 3.20. The van der Waals surface area contributed by atoms with Crippen LogP contribution in [0.25, 0.3) is 0 Å². The molecule has 0 bridgehead atoms. The monoisotopic (exact) mass is 339 g/mol. The molecule has 0 aromatic heterocycles. The predicted molar refractivity (Wildman–Crippen MR) is 79.3 cm³/mol. The molecular weight excluding hydrogens is 322 g/mol. The molecule has 1 aliphatic heterocycles. The first-order valence-corrected chi connectivity index (χ1v) is 7.27. The summed E-state index contributed by atoms with van der Waals surface area (Å²) < 4.78 is 5.98. The number of nitrogens with zero attached hydrogens (tertiary/aromatic N) is 1. The van der Waals surface area contributed by atoms with Crippen LogP contribution in [-0.2, 0) is 16.1 Å². The first-order valence-electron chi connectivity index (χ1n) is 6.48. The Balaban J connectivity index is 2.16. The van der Waals surface area contributed by atoms with Gasteiger partial charge in [-0.2, -0.15) is 0 Å². The smallest absolute Gasteiger partial charge is 0.230 e.